The zero-order chi connectivity index (χ0) is 13.3. The van der Waals surface area contributed by atoms with Gasteiger partial charge in [-0.15, -0.1) is 0 Å². The number of nitrogens with zero attached hydrogens (tertiary/aromatic N) is 1. The lowest BCUT2D eigenvalue weighted by Gasteiger charge is -2.18. The van der Waals surface area contributed by atoms with Crippen molar-refractivity contribution in [2.24, 2.45) is 5.73 Å². The van der Waals surface area contributed by atoms with Crippen LogP contribution in [0.25, 0.3) is 10.8 Å². The molecule has 2 rings (SSSR count). The molecular weight excluding hydrogens is 241 g/mol. The molecule has 0 saturated carbocycles. The van der Waals surface area contributed by atoms with Crippen LogP contribution in [0.15, 0.2) is 36.4 Å². The van der Waals surface area contributed by atoms with Gasteiger partial charge in [-0.3, -0.25) is 0 Å². The summed E-state index contributed by atoms with van der Waals surface area (Å²) in [7, 11) is 0. The molecular formula is C13H9F3N2. The Labute approximate surface area is 101 Å². The number of benzene rings is 2. The third-order valence-corrected chi connectivity index (χ3v) is 2.75. The lowest BCUT2D eigenvalue weighted by Crippen LogP contribution is -2.28. The van der Waals surface area contributed by atoms with Gasteiger partial charge in [0, 0.05) is 5.39 Å². The van der Waals surface area contributed by atoms with E-state index in [1.54, 1.807) is 18.2 Å². The first-order chi connectivity index (χ1) is 8.45. The lowest BCUT2D eigenvalue weighted by atomic mass is 9.95. The van der Waals surface area contributed by atoms with E-state index < -0.39 is 12.2 Å². The number of nitriles is 1. The van der Waals surface area contributed by atoms with Gasteiger partial charge < -0.3 is 5.73 Å². The van der Waals surface area contributed by atoms with Crippen molar-refractivity contribution in [1.82, 2.24) is 0 Å². The normalized spacial score (nSPS) is 13.3. The van der Waals surface area contributed by atoms with Crippen LogP contribution in [0.1, 0.15) is 17.2 Å². The van der Waals surface area contributed by atoms with E-state index in [1.165, 1.54) is 18.2 Å². The van der Waals surface area contributed by atoms with Crippen molar-refractivity contribution in [3.05, 3.63) is 47.5 Å². The molecule has 0 aromatic heterocycles. The van der Waals surface area contributed by atoms with E-state index in [9.17, 15) is 13.2 Å². The SMILES string of the molecule is N#Cc1cccc2cccc([C@H](N)C(F)(F)F)c12. The van der Waals surface area contributed by atoms with E-state index in [2.05, 4.69) is 0 Å². The zero-order valence-electron chi connectivity index (χ0n) is 9.20. The van der Waals surface area contributed by atoms with Gasteiger partial charge >= 0.3 is 6.18 Å². The van der Waals surface area contributed by atoms with Crippen molar-refractivity contribution in [3.8, 4) is 6.07 Å². The Balaban J connectivity index is 2.76. The molecule has 2 nitrogen and oxygen atoms in total. The molecule has 2 aromatic rings. The number of rotatable bonds is 1. The van der Waals surface area contributed by atoms with Crippen LogP contribution in [0.2, 0.25) is 0 Å². The molecule has 0 heterocycles. The summed E-state index contributed by atoms with van der Waals surface area (Å²) in [6, 6.07) is 9.04. The zero-order valence-corrected chi connectivity index (χ0v) is 9.20. The van der Waals surface area contributed by atoms with Crippen LogP contribution < -0.4 is 5.73 Å². The average Bonchev–Trinajstić information content (AvgIpc) is 2.35. The van der Waals surface area contributed by atoms with Gasteiger partial charge in [0.2, 0.25) is 0 Å². The van der Waals surface area contributed by atoms with Crippen molar-refractivity contribution < 1.29 is 13.2 Å². The van der Waals surface area contributed by atoms with Crippen LogP contribution in [0.3, 0.4) is 0 Å². The number of fused-ring (bicyclic) bond motifs is 1. The van der Waals surface area contributed by atoms with Crippen molar-refractivity contribution >= 4 is 10.8 Å². The van der Waals surface area contributed by atoms with Gasteiger partial charge in [0.15, 0.2) is 0 Å². The van der Waals surface area contributed by atoms with Crippen LogP contribution in [0, 0.1) is 11.3 Å². The number of halogens is 3. The summed E-state index contributed by atoms with van der Waals surface area (Å²) in [5.41, 5.74) is 5.35. The van der Waals surface area contributed by atoms with Gasteiger partial charge in [-0.1, -0.05) is 30.3 Å². The lowest BCUT2D eigenvalue weighted by molar-refractivity contribution is -0.148. The van der Waals surface area contributed by atoms with Gasteiger partial charge in [-0.05, 0) is 17.0 Å². The first kappa shape index (κ1) is 12.4. The first-order valence-corrected chi connectivity index (χ1v) is 5.19. The van der Waals surface area contributed by atoms with Crippen LogP contribution in [-0.2, 0) is 0 Å². The Kier molecular flexibility index (Phi) is 2.97. The second-order valence-corrected chi connectivity index (χ2v) is 3.88. The summed E-state index contributed by atoms with van der Waals surface area (Å²) >= 11 is 0. The molecule has 5 heteroatoms. The maximum Gasteiger partial charge on any atom is 0.407 e. The van der Waals surface area contributed by atoms with Crippen molar-refractivity contribution in [2.45, 2.75) is 12.2 Å². The molecule has 0 radical (unpaired) electrons. The fraction of sp³-hybridized carbons (Fsp3) is 0.154. The molecule has 0 unspecified atom stereocenters. The monoisotopic (exact) mass is 250 g/mol. The summed E-state index contributed by atoms with van der Waals surface area (Å²) < 4.78 is 38.1. The topological polar surface area (TPSA) is 49.8 Å². The summed E-state index contributed by atoms with van der Waals surface area (Å²) in [6.45, 7) is 0. The predicted octanol–water partition coefficient (Wildman–Crippen LogP) is 3.27. The maximum atomic E-state index is 12.7. The van der Waals surface area contributed by atoms with Crippen LogP contribution >= 0.6 is 0 Å². The molecule has 92 valence electrons. The van der Waals surface area contributed by atoms with E-state index in [0.717, 1.165) is 0 Å². The molecule has 0 bridgehead atoms. The summed E-state index contributed by atoms with van der Waals surface area (Å²) in [6.07, 6.45) is -4.53. The van der Waals surface area contributed by atoms with E-state index >= 15 is 0 Å². The minimum atomic E-state index is -4.53. The Morgan fingerprint density at radius 3 is 2.28 bits per heavy atom. The van der Waals surface area contributed by atoms with Crippen molar-refractivity contribution in [2.75, 3.05) is 0 Å². The quantitative estimate of drug-likeness (QED) is 0.844. The van der Waals surface area contributed by atoms with Gasteiger partial charge in [0.25, 0.3) is 0 Å². The van der Waals surface area contributed by atoms with Gasteiger partial charge in [-0.25, -0.2) is 0 Å². The third kappa shape index (κ3) is 2.03. The van der Waals surface area contributed by atoms with Gasteiger partial charge in [0.05, 0.1) is 11.6 Å². The highest BCUT2D eigenvalue weighted by molar-refractivity contribution is 5.91. The minimum absolute atomic E-state index is 0.0721. The molecule has 0 fully saturated rings. The second-order valence-electron chi connectivity index (χ2n) is 3.88. The van der Waals surface area contributed by atoms with E-state index in [4.69, 9.17) is 11.0 Å². The molecule has 0 spiro atoms. The summed E-state index contributed by atoms with van der Waals surface area (Å²) in [4.78, 5) is 0. The first-order valence-electron chi connectivity index (χ1n) is 5.19. The molecule has 2 N–H and O–H groups in total. The van der Waals surface area contributed by atoms with E-state index in [1.807, 2.05) is 6.07 Å². The average molecular weight is 250 g/mol. The van der Waals surface area contributed by atoms with Crippen LogP contribution in [0.5, 0.6) is 0 Å². The second kappa shape index (κ2) is 4.31. The molecule has 0 saturated heterocycles. The Morgan fingerprint density at radius 2 is 1.72 bits per heavy atom. The Morgan fingerprint density at radius 1 is 1.11 bits per heavy atom. The molecule has 1 atom stereocenters. The van der Waals surface area contributed by atoms with Crippen LogP contribution in [0.4, 0.5) is 13.2 Å². The third-order valence-electron chi connectivity index (χ3n) is 2.75. The Hall–Kier alpha value is -2.06. The number of hydrogen-bond donors (Lipinski definition) is 1. The number of nitrogens with two attached hydrogens (primary N) is 1. The van der Waals surface area contributed by atoms with Crippen molar-refractivity contribution in [3.63, 3.8) is 0 Å². The number of alkyl halides is 3. The molecule has 0 aliphatic heterocycles. The summed E-state index contributed by atoms with van der Waals surface area (Å²) in [5, 5.41) is 9.82. The fourth-order valence-electron chi connectivity index (χ4n) is 1.90. The summed E-state index contributed by atoms with van der Waals surface area (Å²) in [5.74, 6) is 0. The molecule has 0 amide bonds. The smallest absolute Gasteiger partial charge is 0.316 e. The van der Waals surface area contributed by atoms with E-state index in [-0.39, 0.29) is 16.5 Å². The van der Waals surface area contributed by atoms with E-state index in [0.29, 0.717) is 5.39 Å². The Bertz CT molecular complexity index is 621. The highest BCUT2D eigenvalue weighted by Gasteiger charge is 2.38. The predicted molar refractivity (Wildman–Crippen MR) is 61.6 cm³/mol. The maximum absolute atomic E-state index is 12.7. The largest absolute Gasteiger partial charge is 0.407 e. The molecule has 0 aliphatic carbocycles. The standard InChI is InChI=1S/C13H9F3N2/c14-13(15,16)12(18)10-6-2-4-8-3-1-5-9(7-17)11(8)10/h1-6,12H,18H2/t12-/m0/s1. The van der Waals surface area contributed by atoms with Crippen molar-refractivity contribution in [1.29, 1.82) is 5.26 Å². The van der Waals surface area contributed by atoms with Gasteiger partial charge in [0.1, 0.15) is 6.04 Å². The number of hydrogen-bond acceptors (Lipinski definition) is 2. The molecule has 0 aliphatic rings. The molecule has 18 heavy (non-hydrogen) atoms. The van der Waals surface area contributed by atoms with Crippen LogP contribution in [-0.4, -0.2) is 6.18 Å². The minimum Gasteiger partial charge on any atom is -0.316 e. The fourth-order valence-corrected chi connectivity index (χ4v) is 1.90. The molecule has 2 aromatic carbocycles. The highest BCUT2D eigenvalue weighted by atomic mass is 19.4. The van der Waals surface area contributed by atoms with Gasteiger partial charge in [-0.2, -0.15) is 18.4 Å². The highest BCUT2D eigenvalue weighted by Crippen LogP contribution is 2.35.